The van der Waals surface area contributed by atoms with Gasteiger partial charge in [-0.25, -0.2) is 4.79 Å². The molecule has 1 unspecified atom stereocenters. The molecule has 0 radical (unpaired) electrons. The molecule has 0 bridgehead atoms. The first-order chi connectivity index (χ1) is 8.86. The summed E-state index contributed by atoms with van der Waals surface area (Å²) in [6.45, 7) is 1.63. The van der Waals surface area contributed by atoms with Crippen LogP contribution in [-0.2, 0) is 4.79 Å². The molecular weight excluding hydrogens is 256 g/mol. The monoisotopic (exact) mass is 268 g/mol. The Kier molecular flexibility index (Phi) is 4.41. The molecule has 1 aromatic rings. The molecule has 8 nitrogen and oxygen atoms in total. The van der Waals surface area contributed by atoms with E-state index in [-0.39, 0.29) is 17.7 Å². The first-order valence-electron chi connectivity index (χ1n) is 5.34. The molecule has 0 aliphatic carbocycles. The third-order valence-electron chi connectivity index (χ3n) is 2.36. The third kappa shape index (κ3) is 3.41. The second-order valence-electron chi connectivity index (χ2n) is 3.66. The van der Waals surface area contributed by atoms with Crippen LogP contribution >= 0.6 is 0 Å². The van der Waals surface area contributed by atoms with Gasteiger partial charge in [0.25, 0.3) is 5.91 Å². The van der Waals surface area contributed by atoms with Crippen LogP contribution < -0.4 is 10.5 Å². The normalized spacial score (nSPS) is 11.6. The fourth-order valence-corrected chi connectivity index (χ4v) is 1.39. The Morgan fingerprint density at radius 1 is 1.53 bits per heavy atom. The Hall–Kier alpha value is -2.64. The van der Waals surface area contributed by atoms with Crippen LogP contribution in [0.15, 0.2) is 18.2 Å². The zero-order chi connectivity index (χ0) is 14.6. The van der Waals surface area contributed by atoms with Gasteiger partial charge >= 0.3 is 11.7 Å². The first-order valence-corrected chi connectivity index (χ1v) is 5.34. The van der Waals surface area contributed by atoms with E-state index < -0.39 is 28.6 Å². The summed E-state index contributed by atoms with van der Waals surface area (Å²) in [4.78, 5) is 31.8. The van der Waals surface area contributed by atoms with E-state index in [1.165, 1.54) is 0 Å². The number of carboxylic acid groups (broad SMARTS) is 1. The lowest BCUT2D eigenvalue weighted by Crippen LogP contribution is -2.33. The summed E-state index contributed by atoms with van der Waals surface area (Å²) in [6, 6.07) is 3.15. The van der Waals surface area contributed by atoms with Crippen molar-refractivity contribution in [1.82, 2.24) is 0 Å². The highest BCUT2D eigenvalue weighted by Crippen LogP contribution is 2.29. The Morgan fingerprint density at radius 2 is 2.16 bits per heavy atom. The molecule has 0 fully saturated rings. The van der Waals surface area contributed by atoms with Crippen LogP contribution in [0.25, 0.3) is 0 Å². The molecular formula is C11H12N2O6. The molecule has 1 aromatic carbocycles. The van der Waals surface area contributed by atoms with Gasteiger partial charge in [0.15, 0.2) is 11.9 Å². The first kappa shape index (κ1) is 14.4. The lowest BCUT2D eigenvalue weighted by Gasteiger charge is -2.14. The molecule has 0 saturated heterocycles. The molecule has 1 rings (SSSR count). The molecule has 0 aliphatic heterocycles. The van der Waals surface area contributed by atoms with Crippen LogP contribution in [0.3, 0.4) is 0 Å². The number of aromatic carboxylic acids is 1. The van der Waals surface area contributed by atoms with Crippen molar-refractivity contribution in [2.45, 2.75) is 19.4 Å². The van der Waals surface area contributed by atoms with Gasteiger partial charge in [-0.05, 0) is 18.6 Å². The number of carbonyl (C=O) groups is 2. The van der Waals surface area contributed by atoms with Crippen molar-refractivity contribution in [2.24, 2.45) is 5.73 Å². The molecule has 0 spiro atoms. The number of hydrogen-bond acceptors (Lipinski definition) is 5. The van der Waals surface area contributed by atoms with E-state index >= 15 is 0 Å². The summed E-state index contributed by atoms with van der Waals surface area (Å²) in [5.74, 6) is -2.24. The number of amides is 1. The molecule has 19 heavy (non-hydrogen) atoms. The minimum atomic E-state index is -1.29. The van der Waals surface area contributed by atoms with Crippen molar-refractivity contribution >= 4 is 17.6 Å². The molecule has 8 heteroatoms. The summed E-state index contributed by atoms with van der Waals surface area (Å²) in [7, 11) is 0. The van der Waals surface area contributed by atoms with Crippen LogP contribution in [0, 0.1) is 10.1 Å². The van der Waals surface area contributed by atoms with Gasteiger partial charge in [0.1, 0.15) is 0 Å². The minimum absolute atomic E-state index is 0.194. The Bertz CT molecular complexity index is 528. The Balaban J connectivity index is 3.16. The fraction of sp³-hybridized carbons (Fsp3) is 0.273. The number of ether oxygens (including phenoxy) is 1. The molecule has 1 amide bonds. The van der Waals surface area contributed by atoms with Gasteiger partial charge in [0.05, 0.1) is 10.5 Å². The van der Waals surface area contributed by atoms with E-state index in [1.54, 1.807) is 6.92 Å². The number of nitro benzene ring substituents is 1. The van der Waals surface area contributed by atoms with Gasteiger partial charge in [0.2, 0.25) is 0 Å². The molecule has 0 aromatic heterocycles. The molecule has 1 atom stereocenters. The molecule has 0 heterocycles. The second-order valence-corrected chi connectivity index (χ2v) is 3.66. The van der Waals surface area contributed by atoms with E-state index in [2.05, 4.69) is 0 Å². The van der Waals surface area contributed by atoms with Crippen LogP contribution in [0.5, 0.6) is 5.75 Å². The van der Waals surface area contributed by atoms with Gasteiger partial charge < -0.3 is 15.6 Å². The second kappa shape index (κ2) is 5.80. The van der Waals surface area contributed by atoms with Crippen molar-refractivity contribution < 1.29 is 24.4 Å². The lowest BCUT2D eigenvalue weighted by atomic mass is 10.2. The summed E-state index contributed by atoms with van der Waals surface area (Å²) in [5, 5.41) is 19.6. The van der Waals surface area contributed by atoms with Crippen molar-refractivity contribution in [2.75, 3.05) is 0 Å². The highest BCUT2D eigenvalue weighted by molar-refractivity contribution is 5.89. The third-order valence-corrected chi connectivity index (χ3v) is 2.36. The summed E-state index contributed by atoms with van der Waals surface area (Å²) in [6.07, 6.45) is -0.762. The van der Waals surface area contributed by atoms with E-state index in [0.717, 1.165) is 18.2 Å². The van der Waals surface area contributed by atoms with E-state index in [1.807, 2.05) is 0 Å². The number of nitro groups is 1. The predicted molar refractivity (Wildman–Crippen MR) is 64.0 cm³/mol. The maximum atomic E-state index is 11.0. The molecule has 102 valence electrons. The number of carboxylic acids is 1. The Labute approximate surface area is 107 Å². The largest absolute Gasteiger partial charge is 0.478 e. The molecule has 3 N–H and O–H groups in total. The minimum Gasteiger partial charge on any atom is -0.478 e. The van der Waals surface area contributed by atoms with Gasteiger partial charge in [-0.3, -0.25) is 14.9 Å². The quantitative estimate of drug-likeness (QED) is 0.582. The summed E-state index contributed by atoms with van der Waals surface area (Å²) < 4.78 is 5.14. The molecule has 0 aliphatic rings. The van der Waals surface area contributed by atoms with Gasteiger partial charge in [-0.2, -0.15) is 0 Å². The van der Waals surface area contributed by atoms with Gasteiger partial charge in [-0.15, -0.1) is 0 Å². The number of nitrogens with zero attached hydrogens (tertiary/aromatic N) is 1. The summed E-state index contributed by atoms with van der Waals surface area (Å²) in [5.41, 5.74) is 4.30. The zero-order valence-corrected chi connectivity index (χ0v) is 10.0. The maximum absolute atomic E-state index is 11.0. The SMILES string of the molecule is CCC(Oc1ccc(C(=O)O)cc1[N+](=O)[O-])C(N)=O. The topological polar surface area (TPSA) is 133 Å². The number of carbonyl (C=O) groups excluding carboxylic acids is 1. The zero-order valence-electron chi connectivity index (χ0n) is 10.0. The number of benzene rings is 1. The standard InChI is InChI=1S/C11H12N2O6/c1-2-8(10(12)14)19-9-4-3-6(11(15)16)5-7(9)13(17)18/h3-5,8H,2H2,1H3,(H2,12,14)(H,15,16). The Morgan fingerprint density at radius 3 is 2.58 bits per heavy atom. The van der Waals surface area contributed by atoms with E-state index in [4.69, 9.17) is 15.6 Å². The van der Waals surface area contributed by atoms with Crippen LogP contribution in [0.1, 0.15) is 23.7 Å². The number of rotatable bonds is 6. The smallest absolute Gasteiger partial charge is 0.335 e. The number of nitrogens with two attached hydrogens (primary N) is 1. The summed E-state index contributed by atoms with van der Waals surface area (Å²) >= 11 is 0. The van der Waals surface area contributed by atoms with E-state index in [9.17, 15) is 19.7 Å². The van der Waals surface area contributed by atoms with Crippen LogP contribution in [0.4, 0.5) is 5.69 Å². The number of primary amides is 1. The van der Waals surface area contributed by atoms with Crippen molar-refractivity contribution in [3.05, 3.63) is 33.9 Å². The van der Waals surface area contributed by atoms with Crippen LogP contribution in [0.2, 0.25) is 0 Å². The van der Waals surface area contributed by atoms with Crippen molar-refractivity contribution in [3.63, 3.8) is 0 Å². The van der Waals surface area contributed by atoms with Crippen LogP contribution in [-0.4, -0.2) is 28.0 Å². The highest BCUT2D eigenvalue weighted by atomic mass is 16.6. The number of hydrogen-bond donors (Lipinski definition) is 2. The van der Waals surface area contributed by atoms with Gasteiger partial charge in [-0.1, -0.05) is 6.92 Å². The fourth-order valence-electron chi connectivity index (χ4n) is 1.39. The van der Waals surface area contributed by atoms with Crippen molar-refractivity contribution in [3.8, 4) is 5.75 Å². The lowest BCUT2D eigenvalue weighted by molar-refractivity contribution is -0.386. The predicted octanol–water partition coefficient (Wildman–Crippen LogP) is 0.936. The molecule has 0 saturated carbocycles. The maximum Gasteiger partial charge on any atom is 0.335 e. The van der Waals surface area contributed by atoms with E-state index in [0.29, 0.717) is 0 Å². The van der Waals surface area contributed by atoms with Crippen molar-refractivity contribution in [1.29, 1.82) is 0 Å². The average molecular weight is 268 g/mol. The van der Waals surface area contributed by atoms with Gasteiger partial charge in [0, 0.05) is 6.07 Å². The average Bonchev–Trinajstić information content (AvgIpc) is 2.35. The highest BCUT2D eigenvalue weighted by Gasteiger charge is 2.23.